The Morgan fingerprint density at radius 2 is 2.12 bits per heavy atom. The van der Waals surface area contributed by atoms with Gasteiger partial charge in [0.05, 0.1) is 19.0 Å². The molecule has 2 rings (SSSR count). The zero-order chi connectivity index (χ0) is 12.1. The minimum Gasteiger partial charge on any atom is -0.492 e. The minimum atomic E-state index is -0.435. The summed E-state index contributed by atoms with van der Waals surface area (Å²) in [6.07, 6.45) is 4.98. The summed E-state index contributed by atoms with van der Waals surface area (Å²) in [6, 6.07) is 7.49. The molecule has 4 heteroatoms. The fourth-order valence-corrected chi connectivity index (χ4v) is 1.53. The quantitative estimate of drug-likeness (QED) is 0.857. The molecule has 4 nitrogen and oxygen atoms in total. The van der Waals surface area contributed by atoms with Crippen LogP contribution in [0.3, 0.4) is 0 Å². The Kier molecular flexibility index (Phi) is 3.77. The van der Waals surface area contributed by atoms with E-state index >= 15 is 0 Å². The van der Waals surface area contributed by atoms with E-state index in [1.807, 2.05) is 35.0 Å². The van der Waals surface area contributed by atoms with Gasteiger partial charge in [0.25, 0.3) is 0 Å². The van der Waals surface area contributed by atoms with Crippen molar-refractivity contribution in [3.05, 3.63) is 48.5 Å². The maximum absolute atomic E-state index is 9.36. The number of imidazole rings is 1. The molecule has 0 bridgehead atoms. The molecule has 0 unspecified atom stereocenters. The number of aromatic nitrogens is 2. The van der Waals surface area contributed by atoms with Gasteiger partial charge in [-0.25, -0.2) is 4.98 Å². The van der Waals surface area contributed by atoms with Gasteiger partial charge in [-0.15, -0.1) is 0 Å². The number of ether oxygens (including phenoxy) is 1. The Morgan fingerprint density at radius 3 is 2.71 bits per heavy atom. The fraction of sp³-hybridized carbons (Fsp3) is 0.308. The van der Waals surface area contributed by atoms with Gasteiger partial charge in [0, 0.05) is 12.4 Å². The van der Waals surface area contributed by atoms with E-state index < -0.39 is 6.10 Å². The predicted molar refractivity (Wildman–Crippen MR) is 64.8 cm³/mol. The number of nitrogens with zero attached hydrogens (tertiary/aromatic N) is 2. The first-order valence-corrected chi connectivity index (χ1v) is 5.62. The molecular weight excluding hydrogens is 216 g/mol. The maximum Gasteiger partial charge on any atom is 0.119 e. The molecule has 1 N–H and O–H groups in total. The molecule has 0 aliphatic heterocycles. The molecule has 1 aromatic heterocycles. The topological polar surface area (TPSA) is 47.3 Å². The van der Waals surface area contributed by atoms with E-state index in [9.17, 15) is 5.11 Å². The normalized spacial score (nSPS) is 12.4. The van der Waals surface area contributed by atoms with E-state index in [1.165, 1.54) is 0 Å². The van der Waals surface area contributed by atoms with Crippen LogP contribution in [-0.2, 0) is 6.54 Å². The van der Waals surface area contributed by atoms with Gasteiger partial charge in [-0.1, -0.05) is 12.1 Å². The molecule has 2 aromatic rings. The monoisotopic (exact) mass is 232 g/mol. The lowest BCUT2D eigenvalue weighted by molar-refractivity contribution is 0.199. The van der Waals surface area contributed by atoms with E-state index in [4.69, 9.17) is 4.74 Å². The Bertz CT molecular complexity index is 435. The van der Waals surface area contributed by atoms with Gasteiger partial charge in [-0.2, -0.15) is 0 Å². The van der Waals surface area contributed by atoms with Crippen molar-refractivity contribution in [3.8, 4) is 5.75 Å². The lowest BCUT2D eigenvalue weighted by atomic mass is 10.1. The number of benzene rings is 1. The summed E-state index contributed by atoms with van der Waals surface area (Å²) >= 11 is 0. The van der Waals surface area contributed by atoms with Crippen LogP contribution in [-0.4, -0.2) is 21.3 Å². The first-order valence-electron chi connectivity index (χ1n) is 5.62. The Labute approximate surface area is 100 Å². The summed E-state index contributed by atoms with van der Waals surface area (Å²) in [5.41, 5.74) is 0.895. The van der Waals surface area contributed by atoms with E-state index in [1.54, 1.807) is 19.4 Å². The van der Waals surface area contributed by atoms with Crippen molar-refractivity contribution in [1.29, 1.82) is 0 Å². The summed E-state index contributed by atoms with van der Waals surface area (Å²) < 4.78 is 7.55. The van der Waals surface area contributed by atoms with Crippen LogP contribution in [0.1, 0.15) is 18.6 Å². The van der Waals surface area contributed by atoms with Gasteiger partial charge in [0.15, 0.2) is 0 Å². The molecule has 0 aliphatic carbocycles. The van der Waals surface area contributed by atoms with Crippen molar-refractivity contribution in [1.82, 2.24) is 9.55 Å². The zero-order valence-corrected chi connectivity index (χ0v) is 9.78. The summed E-state index contributed by atoms with van der Waals surface area (Å²) in [7, 11) is 0. The lowest BCUT2D eigenvalue weighted by Gasteiger charge is -2.08. The third kappa shape index (κ3) is 3.32. The molecule has 0 saturated heterocycles. The zero-order valence-electron chi connectivity index (χ0n) is 9.78. The molecule has 0 radical (unpaired) electrons. The van der Waals surface area contributed by atoms with Crippen LogP contribution in [0.25, 0.3) is 0 Å². The van der Waals surface area contributed by atoms with E-state index in [0.717, 1.165) is 17.9 Å². The highest BCUT2D eigenvalue weighted by atomic mass is 16.5. The molecular formula is C13H16N2O2. The summed E-state index contributed by atoms with van der Waals surface area (Å²) in [5, 5.41) is 9.36. The van der Waals surface area contributed by atoms with E-state index in [0.29, 0.717) is 6.61 Å². The van der Waals surface area contributed by atoms with Gasteiger partial charge in [-0.3, -0.25) is 0 Å². The van der Waals surface area contributed by atoms with Crippen molar-refractivity contribution < 1.29 is 9.84 Å². The third-order valence-electron chi connectivity index (χ3n) is 2.54. The molecule has 0 saturated carbocycles. The first kappa shape index (κ1) is 11.7. The molecule has 90 valence electrons. The van der Waals surface area contributed by atoms with Gasteiger partial charge in [0.1, 0.15) is 12.4 Å². The Morgan fingerprint density at radius 1 is 1.35 bits per heavy atom. The van der Waals surface area contributed by atoms with Gasteiger partial charge in [-0.05, 0) is 24.6 Å². The molecule has 0 amide bonds. The second kappa shape index (κ2) is 5.50. The van der Waals surface area contributed by atoms with Gasteiger partial charge >= 0.3 is 0 Å². The number of aliphatic hydroxyl groups excluding tert-OH is 1. The van der Waals surface area contributed by atoms with Crippen molar-refractivity contribution in [2.45, 2.75) is 19.6 Å². The van der Waals surface area contributed by atoms with Crippen LogP contribution in [0.15, 0.2) is 43.0 Å². The van der Waals surface area contributed by atoms with Crippen molar-refractivity contribution >= 4 is 0 Å². The summed E-state index contributed by atoms with van der Waals surface area (Å²) in [6.45, 7) is 3.12. The highest BCUT2D eigenvalue weighted by Gasteiger charge is 2.00. The van der Waals surface area contributed by atoms with E-state index in [-0.39, 0.29) is 0 Å². The first-order chi connectivity index (χ1) is 8.25. The molecule has 1 aromatic carbocycles. The lowest BCUT2D eigenvalue weighted by Crippen LogP contribution is -2.06. The highest BCUT2D eigenvalue weighted by molar-refractivity contribution is 5.28. The smallest absolute Gasteiger partial charge is 0.119 e. The Hall–Kier alpha value is -1.81. The van der Waals surface area contributed by atoms with Crippen LogP contribution < -0.4 is 4.74 Å². The van der Waals surface area contributed by atoms with Gasteiger partial charge in [0.2, 0.25) is 0 Å². The molecule has 0 aliphatic rings. The van der Waals surface area contributed by atoms with Crippen LogP contribution in [0.5, 0.6) is 5.75 Å². The Balaban J connectivity index is 1.83. The summed E-state index contributed by atoms with van der Waals surface area (Å²) in [4.78, 5) is 3.96. The number of hydrogen-bond donors (Lipinski definition) is 1. The second-order valence-electron chi connectivity index (χ2n) is 3.89. The van der Waals surface area contributed by atoms with Crippen molar-refractivity contribution in [2.24, 2.45) is 0 Å². The average molecular weight is 232 g/mol. The summed E-state index contributed by atoms with van der Waals surface area (Å²) in [5.74, 6) is 0.814. The van der Waals surface area contributed by atoms with Crippen molar-refractivity contribution in [3.63, 3.8) is 0 Å². The maximum atomic E-state index is 9.36. The van der Waals surface area contributed by atoms with Crippen LogP contribution in [0.4, 0.5) is 0 Å². The van der Waals surface area contributed by atoms with Crippen LogP contribution >= 0.6 is 0 Å². The molecule has 0 spiro atoms. The van der Waals surface area contributed by atoms with Crippen LogP contribution in [0, 0.1) is 0 Å². The van der Waals surface area contributed by atoms with E-state index in [2.05, 4.69) is 4.98 Å². The van der Waals surface area contributed by atoms with Crippen LogP contribution in [0.2, 0.25) is 0 Å². The highest BCUT2D eigenvalue weighted by Crippen LogP contribution is 2.17. The molecule has 1 atom stereocenters. The predicted octanol–water partition coefficient (Wildman–Crippen LogP) is 2.02. The second-order valence-corrected chi connectivity index (χ2v) is 3.89. The van der Waals surface area contributed by atoms with Gasteiger partial charge < -0.3 is 14.4 Å². The van der Waals surface area contributed by atoms with Crippen molar-refractivity contribution in [2.75, 3.05) is 6.61 Å². The SMILES string of the molecule is C[C@@H](O)c1ccc(OCCn2ccnc2)cc1. The number of rotatable bonds is 5. The standard InChI is InChI=1S/C13H16N2O2/c1-11(16)12-2-4-13(5-3-12)17-9-8-15-7-6-14-10-15/h2-7,10-11,16H,8-9H2,1H3/t11-/m1/s1. The number of hydrogen-bond acceptors (Lipinski definition) is 3. The molecule has 1 heterocycles. The largest absolute Gasteiger partial charge is 0.492 e. The average Bonchev–Trinajstić information content (AvgIpc) is 2.83. The fourth-order valence-electron chi connectivity index (χ4n) is 1.53. The molecule has 17 heavy (non-hydrogen) atoms. The number of aliphatic hydroxyl groups is 1. The third-order valence-corrected chi connectivity index (χ3v) is 2.54. The molecule has 0 fully saturated rings. The minimum absolute atomic E-state index is 0.435.